The molecule has 1 atom stereocenters. The van der Waals surface area contributed by atoms with Crippen LogP contribution < -0.4 is 15.4 Å². The topological polar surface area (TPSA) is 96.1 Å². The van der Waals surface area contributed by atoms with Crippen molar-refractivity contribution in [2.24, 2.45) is 0 Å². The highest BCUT2D eigenvalue weighted by atomic mass is 32.1. The van der Waals surface area contributed by atoms with Gasteiger partial charge in [0.1, 0.15) is 11.8 Å². The number of hydrogen-bond donors (Lipinski definition) is 3. The van der Waals surface area contributed by atoms with E-state index in [1.807, 2.05) is 72.2 Å². The Hall–Kier alpha value is -4.43. The first-order valence-electron chi connectivity index (χ1n) is 11.1. The Labute approximate surface area is 205 Å². The quantitative estimate of drug-likeness (QED) is 0.280. The van der Waals surface area contributed by atoms with Crippen molar-refractivity contribution in [1.29, 1.82) is 0 Å². The lowest BCUT2D eigenvalue weighted by molar-refractivity contribution is -0.118. The van der Waals surface area contributed by atoms with Gasteiger partial charge >= 0.3 is 6.09 Å². The van der Waals surface area contributed by atoms with Crippen LogP contribution in [0.5, 0.6) is 5.75 Å². The third-order valence-electron chi connectivity index (χ3n) is 5.47. The maximum atomic E-state index is 13.3. The SMILES string of the molecule is O=C(NC(Cc1c[nH]c2ccccc12)C(=O)Nc1nc(-c2ccccc2)cs1)Oc1ccccc1. The first kappa shape index (κ1) is 22.4. The molecule has 3 aromatic carbocycles. The van der Waals surface area contributed by atoms with Crippen LogP contribution >= 0.6 is 11.3 Å². The Balaban J connectivity index is 1.35. The van der Waals surface area contributed by atoms with E-state index in [1.54, 1.807) is 24.3 Å². The molecule has 8 heteroatoms. The average molecular weight is 483 g/mol. The zero-order chi connectivity index (χ0) is 24.0. The van der Waals surface area contributed by atoms with Gasteiger partial charge in [-0.2, -0.15) is 0 Å². The van der Waals surface area contributed by atoms with Gasteiger partial charge < -0.3 is 20.4 Å². The van der Waals surface area contributed by atoms with Crippen LogP contribution in [-0.4, -0.2) is 28.0 Å². The monoisotopic (exact) mass is 482 g/mol. The molecule has 1 unspecified atom stereocenters. The molecule has 0 aliphatic rings. The fourth-order valence-electron chi connectivity index (χ4n) is 3.76. The lowest BCUT2D eigenvalue weighted by atomic mass is 10.0. The number of aromatic nitrogens is 2. The average Bonchev–Trinajstić information content (AvgIpc) is 3.52. The van der Waals surface area contributed by atoms with Crippen LogP contribution in [0.1, 0.15) is 5.56 Å². The van der Waals surface area contributed by atoms with E-state index < -0.39 is 12.1 Å². The molecule has 0 fully saturated rings. The number of nitrogens with zero attached hydrogens (tertiary/aromatic N) is 1. The lowest BCUT2D eigenvalue weighted by Gasteiger charge is -2.17. The highest BCUT2D eigenvalue weighted by Crippen LogP contribution is 2.25. The zero-order valence-corrected chi connectivity index (χ0v) is 19.4. The van der Waals surface area contributed by atoms with Crippen LogP contribution in [0.3, 0.4) is 0 Å². The summed E-state index contributed by atoms with van der Waals surface area (Å²) < 4.78 is 5.36. The molecular weight excluding hydrogens is 460 g/mol. The molecule has 35 heavy (non-hydrogen) atoms. The second-order valence-corrected chi connectivity index (χ2v) is 8.71. The van der Waals surface area contributed by atoms with Gasteiger partial charge in [0.25, 0.3) is 0 Å². The molecule has 0 aliphatic carbocycles. The van der Waals surface area contributed by atoms with Gasteiger partial charge in [-0.3, -0.25) is 4.79 Å². The Morgan fingerprint density at radius 2 is 1.66 bits per heavy atom. The molecule has 2 heterocycles. The van der Waals surface area contributed by atoms with E-state index in [0.717, 1.165) is 27.7 Å². The molecule has 0 spiro atoms. The molecule has 0 saturated carbocycles. The maximum absolute atomic E-state index is 13.3. The van der Waals surface area contributed by atoms with Gasteiger partial charge in [0.15, 0.2) is 5.13 Å². The van der Waals surface area contributed by atoms with Crippen LogP contribution in [0.4, 0.5) is 9.93 Å². The summed E-state index contributed by atoms with van der Waals surface area (Å²) >= 11 is 1.33. The number of amides is 2. The molecule has 0 aliphatic heterocycles. The van der Waals surface area contributed by atoms with Crippen molar-refractivity contribution >= 4 is 39.4 Å². The van der Waals surface area contributed by atoms with Gasteiger partial charge in [-0.1, -0.05) is 66.7 Å². The predicted molar refractivity (Wildman–Crippen MR) is 138 cm³/mol. The normalized spacial score (nSPS) is 11.7. The summed E-state index contributed by atoms with van der Waals surface area (Å²) in [5.74, 6) is 0.0120. The third kappa shape index (κ3) is 5.39. The number of rotatable bonds is 7. The summed E-state index contributed by atoms with van der Waals surface area (Å²) in [6.45, 7) is 0. The molecule has 5 aromatic rings. The Bertz CT molecular complexity index is 1450. The van der Waals surface area contributed by atoms with Crippen molar-refractivity contribution in [2.45, 2.75) is 12.5 Å². The molecule has 3 N–H and O–H groups in total. The van der Waals surface area contributed by atoms with E-state index in [4.69, 9.17) is 4.74 Å². The van der Waals surface area contributed by atoms with E-state index >= 15 is 0 Å². The second-order valence-electron chi connectivity index (χ2n) is 7.86. The van der Waals surface area contributed by atoms with Crippen LogP contribution in [-0.2, 0) is 11.2 Å². The smallest absolute Gasteiger partial charge is 0.410 e. The summed E-state index contributed by atoms with van der Waals surface area (Å²) in [5, 5.41) is 8.90. The number of ether oxygens (including phenoxy) is 1. The Morgan fingerprint density at radius 3 is 2.46 bits per heavy atom. The van der Waals surface area contributed by atoms with Crippen molar-refractivity contribution in [3.8, 4) is 17.0 Å². The van der Waals surface area contributed by atoms with Crippen molar-refractivity contribution in [1.82, 2.24) is 15.3 Å². The van der Waals surface area contributed by atoms with Gasteiger partial charge in [0.2, 0.25) is 5.91 Å². The molecule has 5 rings (SSSR count). The number of nitrogens with one attached hydrogen (secondary N) is 3. The molecular formula is C27H22N4O3S. The molecule has 2 aromatic heterocycles. The van der Waals surface area contributed by atoms with Crippen LogP contribution in [0, 0.1) is 0 Å². The first-order valence-corrected chi connectivity index (χ1v) is 11.9. The minimum Gasteiger partial charge on any atom is -0.410 e. The van der Waals surface area contributed by atoms with Gasteiger partial charge in [0, 0.05) is 34.5 Å². The van der Waals surface area contributed by atoms with Crippen molar-refractivity contribution in [3.63, 3.8) is 0 Å². The van der Waals surface area contributed by atoms with Crippen molar-refractivity contribution in [3.05, 3.63) is 102 Å². The standard InChI is InChI=1S/C27H22N4O3S/c32-25(31-26-29-24(17-35-26)18-9-3-1-4-10-18)23(30-27(33)34-20-11-5-2-6-12-20)15-19-16-28-22-14-8-7-13-21(19)22/h1-14,16-17,23,28H,15H2,(H,30,33)(H,29,31,32). The minimum atomic E-state index is -0.880. The number of para-hydroxylation sites is 2. The van der Waals surface area contributed by atoms with Crippen LogP contribution in [0.25, 0.3) is 22.2 Å². The minimum absolute atomic E-state index is 0.274. The number of anilines is 1. The zero-order valence-electron chi connectivity index (χ0n) is 18.6. The Morgan fingerprint density at radius 1 is 0.943 bits per heavy atom. The van der Waals surface area contributed by atoms with Gasteiger partial charge in [-0.05, 0) is 23.8 Å². The summed E-state index contributed by atoms with van der Waals surface area (Å²) in [6.07, 6.45) is 1.42. The fraction of sp³-hybridized carbons (Fsp3) is 0.0741. The van der Waals surface area contributed by atoms with E-state index in [1.165, 1.54) is 11.3 Å². The molecule has 7 nitrogen and oxygen atoms in total. The van der Waals surface area contributed by atoms with Gasteiger partial charge in [-0.25, -0.2) is 9.78 Å². The van der Waals surface area contributed by atoms with Crippen molar-refractivity contribution < 1.29 is 14.3 Å². The van der Waals surface area contributed by atoms with Gasteiger partial charge in [0.05, 0.1) is 5.69 Å². The van der Waals surface area contributed by atoms with E-state index in [2.05, 4.69) is 20.6 Å². The molecule has 2 amide bonds. The number of thiazole rings is 1. The highest BCUT2D eigenvalue weighted by molar-refractivity contribution is 7.14. The first-order chi connectivity index (χ1) is 17.2. The molecule has 174 valence electrons. The predicted octanol–water partition coefficient (Wildman–Crippen LogP) is 5.63. The molecule has 0 saturated heterocycles. The summed E-state index contributed by atoms with van der Waals surface area (Å²) in [5.41, 5.74) is 3.60. The number of carbonyl (C=O) groups excluding carboxylic acids is 2. The van der Waals surface area contributed by atoms with E-state index in [-0.39, 0.29) is 12.3 Å². The maximum Gasteiger partial charge on any atom is 0.413 e. The Kier molecular flexibility index (Phi) is 6.54. The largest absolute Gasteiger partial charge is 0.413 e. The van der Waals surface area contributed by atoms with E-state index in [9.17, 15) is 9.59 Å². The van der Waals surface area contributed by atoms with Crippen LogP contribution in [0.2, 0.25) is 0 Å². The lowest BCUT2D eigenvalue weighted by Crippen LogP contribution is -2.46. The molecule has 0 bridgehead atoms. The summed E-state index contributed by atoms with van der Waals surface area (Å²) in [7, 11) is 0. The summed E-state index contributed by atoms with van der Waals surface area (Å²) in [6, 6.07) is 25.4. The number of fused-ring (bicyclic) bond motifs is 1. The number of hydrogen-bond acceptors (Lipinski definition) is 5. The number of carbonyl (C=O) groups is 2. The second kappa shape index (κ2) is 10.2. The van der Waals surface area contributed by atoms with Gasteiger partial charge in [-0.15, -0.1) is 11.3 Å². The van der Waals surface area contributed by atoms with Crippen LogP contribution in [0.15, 0.2) is 96.5 Å². The highest BCUT2D eigenvalue weighted by Gasteiger charge is 2.24. The van der Waals surface area contributed by atoms with E-state index in [0.29, 0.717) is 10.9 Å². The third-order valence-corrected chi connectivity index (χ3v) is 6.22. The number of H-pyrrole nitrogens is 1. The number of benzene rings is 3. The fourth-order valence-corrected chi connectivity index (χ4v) is 4.48. The number of aromatic amines is 1. The summed E-state index contributed by atoms with van der Waals surface area (Å²) in [4.78, 5) is 33.7. The van der Waals surface area contributed by atoms with Crippen molar-refractivity contribution in [2.75, 3.05) is 5.32 Å². The molecule has 0 radical (unpaired) electrons.